The van der Waals surface area contributed by atoms with E-state index < -0.39 is 0 Å². The summed E-state index contributed by atoms with van der Waals surface area (Å²) < 4.78 is 7.06. The van der Waals surface area contributed by atoms with E-state index in [1.54, 1.807) is 42.3 Å². The SMILES string of the molecule is COc1cc(-c2ccc(N3C[C@@H]4[C@H](C3)[C@H]4NC(=O)c3ncccc3Cl)nc2)c2c(C#N)cnn2c1. The largest absolute Gasteiger partial charge is 0.495 e. The topological polar surface area (TPSA) is 108 Å². The fraction of sp³-hybridized carbons (Fsp3) is 0.240. The zero-order valence-corrected chi connectivity index (χ0v) is 19.5. The molecule has 1 saturated heterocycles. The molecule has 0 radical (unpaired) electrons. The zero-order valence-electron chi connectivity index (χ0n) is 18.7. The maximum atomic E-state index is 12.5. The third kappa shape index (κ3) is 3.63. The number of pyridine rings is 3. The molecule has 2 aliphatic rings. The molecule has 35 heavy (non-hydrogen) atoms. The number of anilines is 1. The Hall–Kier alpha value is -4.16. The molecule has 1 amide bonds. The minimum atomic E-state index is -0.231. The third-order valence-corrected chi connectivity index (χ3v) is 7.10. The number of ether oxygens (including phenoxy) is 1. The van der Waals surface area contributed by atoms with E-state index in [0.29, 0.717) is 28.2 Å². The molecule has 0 spiro atoms. The van der Waals surface area contributed by atoms with Crippen LogP contribution in [0.5, 0.6) is 5.75 Å². The number of halogens is 1. The second-order valence-corrected chi connectivity index (χ2v) is 9.13. The minimum absolute atomic E-state index is 0.132. The van der Waals surface area contributed by atoms with Crippen molar-refractivity contribution in [3.05, 3.63) is 71.4 Å². The second-order valence-electron chi connectivity index (χ2n) is 8.73. The van der Waals surface area contributed by atoms with Crippen LogP contribution < -0.4 is 15.0 Å². The molecule has 0 aromatic carbocycles. The van der Waals surface area contributed by atoms with E-state index in [0.717, 1.165) is 35.6 Å². The van der Waals surface area contributed by atoms with Gasteiger partial charge in [-0.15, -0.1) is 0 Å². The Balaban J connectivity index is 1.16. The van der Waals surface area contributed by atoms with E-state index in [9.17, 15) is 10.1 Å². The number of piperidine rings is 1. The number of nitriles is 1. The summed E-state index contributed by atoms with van der Waals surface area (Å²) in [7, 11) is 1.60. The lowest BCUT2D eigenvalue weighted by Gasteiger charge is -2.21. The molecule has 4 aromatic rings. The molecule has 9 nitrogen and oxygen atoms in total. The number of methoxy groups -OCH3 is 1. The number of amides is 1. The number of aromatic nitrogens is 4. The summed E-state index contributed by atoms with van der Waals surface area (Å²) in [5, 5.41) is 17.2. The first-order chi connectivity index (χ1) is 17.1. The van der Waals surface area contributed by atoms with Gasteiger partial charge in [0.2, 0.25) is 0 Å². The smallest absolute Gasteiger partial charge is 0.271 e. The van der Waals surface area contributed by atoms with Crippen molar-refractivity contribution in [2.45, 2.75) is 6.04 Å². The van der Waals surface area contributed by atoms with Crippen LogP contribution in [-0.4, -0.2) is 51.7 Å². The van der Waals surface area contributed by atoms with Gasteiger partial charge in [-0.2, -0.15) is 10.4 Å². The molecule has 1 aliphatic carbocycles. The molecule has 3 atom stereocenters. The van der Waals surface area contributed by atoms with E-state index in [1.807, 2.05) is 24.4 Å². The monoisotopic (exact) mass is 485 g/mol. The number of carbonyl (C=O) groups excluding carboxylic acids is 1. The quantitative estimate of drug-likeness (QED) is 0.462. The summed E-state index contributed by atoms with van der Waals surface area (Å²) in [5.41, 5.74) is 3.18. The van der Waals surface area contributed by atoms with Gasteiger partial charge in [0.1, 0.15) is 23.3 Å². The van der Waals surface area contributed by atoms with Gasteiger partial charge in [-0.1, -0.05) is 11.6 Å². The van der Waals surface area contributed by atoms with Crippen molar-refractivity contribution in [1.29, 1.82) is 5.26 Å². The maximum absolute atomic E-state index is 12.5. The Bertz CT molecular complexity index is 1480. The molecule has 0 bridgehead atoms. The summed E-state index contributed by atoms with van der Waals surface area (Å²) in [6, 6.07) is 11.6. The van der Waals surface area contributed by atoms with Gasteiger partial charge in [-0.25, -0.2) is 14.5 Å². The Morgan fingerprint density at radius 2 is 2.06 bits per heavy atom. The normalized spacial score (nSPS) is 20.4. The van der Waals surface area contributed by atoms with Crippen molar-refractivity contribution in [2.75, 3.05) is 25.1 Å². The predicted molar refractivity (Wildman–Crippen MR) is 129 cm³/mol. The first-order valence-electron chi connectivity index (χ1n) is 11.2. The summed E-state index contributed by atoms with van der Waals surface area (Å²) >= 11 is 6.10. The fourth-order valence-corrected chi connectivity index (χ4v) is 5.15. The second kappa shape index (κ2) is 8.25. The summed E-state index contributed by atoms with van der Waals surface area (Å²) in [6.07, 6.45) is 6.67. The van der Waals surface area contributed by atoms with Crippen LogP contribution in [0, 0.1) is 23.2 Å². The van der Waals surface area contributed by atoms with Crippen LogP contribution in [0.25, 0.3) is 16.6 Å². The third-order valence-electron chi connectivity index (χ3n) is 6.79. The molecule has 0 unspecified atom stereocenters. The lowest BCUT2D eigenvalue weighted by Crippen LogP contribution is -2.35. The standard InChI is InChI=1S/C25H20ClN7O2/c1-35-16-7-17(24-15(8-27)10-30-33(24)11-16)14-4-5-21(29-9-14)32-12-18-19(13-32)22(18)31-25(34)23-20(26)3-2-6-28-23/h2-7,9-11,18-19,22H,12-13H2,1H3,(H,31,34)/t18-,19+,22+. The van der Waals surface area contributed by atoms with Crippen LogP contribution in [0.15, 0.2) is 55.1 Å². The fourth-order valence-electron chi connectivity index (χ4n) is 4.94. The number of carbonyl (C=O) groups is 1. The molecule has 2 fully saturated rings. The molecule has 1 saturated carbocycles. The van der Waals surface area contributed by atoms with E-state index in [4.69, 9.17) is 21.3 Å². The van der Waals surface area contributed by atoms with Crippen molar-refractivity contribution in [2.24, 2.45) is 11.8 Å². The highest BCUT2D eigenvalue weighted by atomic mass is 35.5. The van der Waals surface area contributed by atoms with E-state index in [-0.39, 0.29) is 17.6 Å². The van der Waals surface area contributed by atoms with E-state index in [1.165, 1.54) is 0 Å². The summed E-state index contributed by atoms with van der Waals surface area (Å²) in [6.45, 7) is 1.64. The zero-order chi connectivity index (χ0) is 24.1. The molecule has 6 rings (SSSR count). The van der Waals surface area contributed by atoms with Crippen LogP contribution in [-0.2, 0) is 0 Å². The molecule has 1 aliphatic heterocycles. The highest BCUT2D eigenvalue weighted by Crippen LogP contribution is 2.46. The van der Waals surface area contributed by atoms with Crippen molar-refractivity contribution >= 4 is 28.8 Å². The molecule has 4 aromatic heterocycles. The lowest BCUT2D eigenvalue weighted by atomic mass is 10.1. The highest BCUT2D eigenvalue weighted by molar-refractivity contribution is 6.33. The lowest BCUT2D eigenvalue weighted by molar-refractivity contribution is 0.0942. The molecular weight excluding hydrogens is 466 g/mol. The van der Waals surface area contributed by atoms with Gasteiger partial charge >= 0.3 is 0 Å². The maximum Gasteiger partial charge on any atom is 0.271 e. The summed E-state index contributed by atoms with van der Waals surface area (Å²) in [4.78, 5) is 23.5. The van der Waals surface area contributed by atoms with Gasteiger partial charge in [-0.3, -0.25) is 4.79 Å². The minimum Gasteiger partial charge on any atom is -0.495 e. The molecule has 1 N–H and O–H groups in total. The average Bonchev–Trinajstić information content (AvgIpc) is 3.21. The Morgan fingerprint density at radius 1 is 1.23 bits per heavy atom. The van der Waals surface area contributed by atoms with Crippen molar-refractivity contribution in [3.8, 4) is 22.9 Å². The highest BCUT2D eigenvalue weighted by Gasteiger charge is 2.56. The Labute approximate surface area is 205 Å². The predicted octanol–water partition coefficient (Wildman–Crippen LogP) is 3.19. The Kier molecular flexibility index (Phi) is 5.04. The van der Waals surface area contributed by atoms with Crippen molar-refractivity contribution < 1.29 is 9.53 Å². The van der Waals surface area contributed by atoms with Crippen LogP contribution in [0.1, 0.15) is 16.1 Å². The number of nitrogens with one attached hydrogen (secondary N) is 1. The van der Waals surface area contributed by atoms with Crippen LogP contribution in [0.3, 0.4) is 0 Å². The van der Waals surface area contributed by atoms with Gasteiger partial charge in [0.25, 0.3) is 5.91 Å². The first-order valence-corrected chi connectivity index (χ1v) is 11.5. The van der Waals surface area contributed by atoms with E-state index in [2.05, 4.69) is 26.4 Å². The number of rotatable bonds is 5. The average molecular weight is 486 g/mol. The molecular formula is C25H20ClN7O2. The van der Waals surface area contributed by atoms with E-state index >= 15 is 0 Å². The van der Waals surface area contributed by atoms with Crippen LogP contribution in [0.4, 0.5) is 5.82 Å². The van der Waals surface area contributed by atoms with Crippen molar-refractivity contribution in [1.82, 2.24) is 24.9 Å². The van der Waals surface area contributed by atoms with Gasteiger partial charge < -0.3 is 15.0 Å². The number of nitrogens with zero attached hydrogens (tertiary/aromatic N) is 6. The molecule has 5 heterocycles. The van der Waals surface area contributed by atoms with Gasteiger partial charge in [0.15, 0.2) is 0 Å². The Morgan fingerprint density at radius 3 is 2.74 bits per heavy atom. The van der Waals surface area contributed by atoms with Crippen LogP contribution in [0.2, 0.25) is 5.02 Å². The number of fused-ring (bicyclic) bond motifs is 2. The van der Waals surface area contributed by atoms with Crippen LogP contribution >= 0.6 is 11.6 Å². The molecule has 174 valence electrons. The number of hydrogen-bond acceptors (Lipinski definition) is 7. The van der Waals surface area contributed by atoms with Crippen molar-refractivity contribution in [3.63, 3.8) is 0 Å². The van der Waals surface area contributed by atoms with Gasteiger partial charge in [0, 0.05) is 54.5 Å². The van der Waals surface area contributed by atoms with Gasteiger partial charge in [0.05, 0.1) is 35.6 Å². The number of hydrogen-bond donors (Lipinski definition) is 1. The molecule has 10 heteroatoms. The van der Waals surface area contributed by atoms with Gasteiger partial charge in [-0.05, 0) is 30.3 Å². The first kappa shape index (κ1) is 21.4. The summed E-state index contributed by atoms with van der Waals surface area (Å²) in [5.74, 6) is 2.05.